The lowest BCUT2D eigenvalue weighted by molar-refractivity contribution is 0.104. The summed E-state index contributed by atoms with van der Waals surface area (Å²) in [7, 11) is 0. The van der Waals surface area contributed by atoms with Gasteiger partial charge in [0.05, 0.1) is 0 Å². The van der Waals surface area contributed by atoms with Gasteiger partial charge in [0.2, 0.25) is 0 Å². The molecule has 0 aliphatic heterocycles. The molecule has 0 spiro atoms. The normalized spacial score (nSPS) is 24.4. The van der Waals surface area contributed by atoms with Crippen LogP contribution in [0.3, 0.4) is 0 Å². The minimum absolute atomic E-state index is 0.920. The summed E-state index contributed by atoms with van der Waals surface area (Å²) in [5.74, 6) is 0. The van der Waals surface area contributed by atoms with Crippen LogP contribution in [0.5, 0.6) is 0 Å². The Morgan fingerprint density at radius 1 is 0.812 bits per heavy atom. The third kappa shape index (κ3) is 3.23. The highest BCUT2D eigenvalue weighted by molar-refractivity contribution is 4.84. The van der Waals surface area contributed by atoms with Crippen molar-refractivity contribution in [3.05, 3.63) is 6.92 Å². The lowest BCUT2D eigenvalue weighted by Gasteiger charge is -2.38. The van der Waals surface area contributed by atoms with Gasteiger partial charge in [-0.25, -0.2) is 0 Å². The summed E-state index contributed by atoms with van der Waals surface area (Å²) < 4.78 is 0. The second-order valence-corrected chi connectivity index (χ2v) is 5.68. The van der Waals surface area contributed by atoms with E-state index in [-0.39, 0.29) is 0 Å². The first-order valence-corrected chi connectivity index (χ1v) is 7.47. The first kappa shape index (κ1) is 12.4. The van der Waals surface area contributed by atoms with Gasteiger partial charge >= 0.3 is 0 Å². The zero-order valence-corrected chi connectivity index (χ0v) is 10.8. The van der Waals surface area contributed by atoms with E-state index in [2.05, 4.69) is 11.8 Å². The van der Waals surface area contributed by atoms with E-state index < -0.39 is 0 Å². The molecule has 0 heterocycles. The molecule has 0 unspecified atom stereocenters. The van der Waals surface area contributed by atoms with Crippen molar-refractivity contribution in [1.29, 1.82) is 0 Å². The monoisotopic (exact) mass is 222 g/mol. The van der Waals surface area contributed by atoms with Crippen LogP contribution in [0.4, 0.5) is 0 Å². The van der Waals surface area contributed by atoms with E-state index in [1.54, 1.807) is 0 Å². The smallest absolute Gasteiger partial charge is 0.00981 e. The molecule has 1 nitrogen and oxygen atoms in total. The fourth-order valence-corrected chi connectivity index (χ4v) is 3.61. The summed E-state index contributed by atoms with van der Waals surface area (Å²) in [6.07, 6.45) is 15.6. The summed E-state index contributed by atoms with van der Waals surface area (Å²) in [6.45, 7) is 5.32. The van der Waals surface area contributed by atoms with Crippen molar-refractivity contribution in [3.63, 3.8) is 0 Å². The van der Waals surface area contributed by atoms with E-state index >= 15 is 0 Å². The lowest BCUT2D eigenvalue weighted by atomic mass is 9.92. The van der Waals surface area contributed by atoms with Gasteiger partial charge in [0.25, 0.3) is 0 Å². The second kappa shape index (κ2) is 6.64. The maximum atomic E-state index is 4.00. The predicted octanol–water partition coefficient (Wildman–Crippen LogP) is 4.18. The molecule has 2 aliphatic rings. The van der Waals surface area contributed by atoms with E-state index in [0.717, 1.165) is 18.5 Å². The number of unbranched alkanes of at least 4 members (excludes halogenated alkanes) is 1. The van der Waals surface area contributed by atoms with Gasteiger partial charge in [-0.15, -0.1) is 0 Å². The molecule has 0 atom stereocenters. The van der Waals surface area contributed by atoms with Crippen molar-refractivity contribution in [2.75, 3.05) is 6.54 Å². The van der Waals surface area contributed by atoms with Crippen molar-refractivity contribution in [1.82, 2.24) is 4.90 Å². The molecule has 0 N–H and O–H groups in total. The molecule has 0 bridgehead atoms. The molecule has 0 amide bonds. The first-order chi connectivity index (χ1) is 7.92. The highest BCUT2D eigenvalue weighted by Gasteiger charge is 2.28. The Labute approximate surface area is 102 Å². The van der Waals surface area contributed by atoms with Crippen molar-refractivity contribution in [2.45, 2.75) is 82.7 Å². The van der Waals surface area contributed by atoms with E-state index in [1.165, 1.54) is 70.8 Å². The average molecular weight is 222 g/mol. The average Bonchev–Trinajstić information content (AvgIpc) is 2.85. The van der Waals surface area contributed by atoms with Crippen LogP contribution in [-0.2, 0) is 0 Å². The Morgan fingerprint density at radius 3 is 1.81 bits per heavy atom. The molecule has 2 fully saturated rings. The number of hydrogen-bond donors (Lipinski definition) is 0. The zero-order valence-electron chi connectivity index (χ0n) is 10.8. The Kier molecular flexibility index (Phi) is 5.15. The van der Waals surface area contributed by atoms with Gasteiger partial charge in [-0.2, -0.15) is 0 Å². The molecule has 16 heavy (non-hydrogen) atoms. The fraction of sp³-hybridized carbons (Fsp3) is 0.933. The van der Waals surface area contributed by atoms with Crippen LogP contribution >= 0.6 is 0 Å². The minimum Gasteiger partial charge on any atom is -0.297 e. The summed E-state index contributed by atoms with van der Waals surface area (Å²) in [5, 5.41) is 0. The van der Waals surface area contributed by atoms with E-state index in [1.807, 2.05) is 0 Å². The molecule has 0 saturated heterocycles. The highest BCUT2D eigenvalue weighted by Crippen LogP contribution is 2.30. The molecule has 1 radical (unpaired) electrons. The Bertz CT molecular complexity index is 178. The summed E-state index contributed by atoms with van der Waals surface area (Å²) in [5.41, 5.74) is 0. The van der Waals surface area contributed by atoms with E-state index in [9.17, 15) is 0 Å². The fourth-order valence-electron chi connectivity index (χ4n) is 3.61. The number of nitrogens with zero attached hydrogens (tertiary/aromatic N) is 1. The number of hydrogen-bond acceptors (Lipinski definition) is 1. The Balaban J connectivity index is 1.89. The molecule has 2 aliphatic carbocycles. The van der Waals surface area contributed by atoms with Crippen molar-refractivity contribution < 1.29 is 0 Å². The highest BCUT2D eigenvalue weighted by atomic mass is 15.2. The standard InChI is InChI=1S/C15H28N/c1-2-3-13-16(15-11-7-8-12-15)14-9-5-4-6-10-14/h14-15H,1-13H2. The largest absolute Gasteiger partial charge is 0.297 e. The van der Waals surface area contributed by atoms with Crippen LogP contribution in [0.1, 0.15) is 70.6 Å². The topological polar surface area (TPSA) is 3.24 Å². The van der Waals surface area contributed by atoms with Gasteiger partial charge < -0.3 is 0 Å². The van der Waals surface area contributed by atoms with Crippen LogP contribution in [0.25, 0.3) is 0 Å². The summed E-state index contributed by atoms with van der Waals surface area (Å²) in [6, 6.07) is 1.85. The quantitative estimate of drug-likeness (QED) is 0.674. The molecular formula is C15H28N. The molecule has 2 rings (SSSR count). The van der Waals surface area contributed by atoms with Crippen LogP contribution in [-0.4, -0.2) is 23.5 Å². The first-order valence-electron chi connectivity index (χ1n) is 7.47. The minimum atomic E-state index is 0.920. The van der Waals surface area contributed by atoms with Crippen LogP contribution in [0, 0.1) is 6.92 Å². The maximum Gasteiger partial charge on any atom is 0.00981 e. The molecule has 0 aromatic heterocycles. The van der Waals surface area contributed by atoms with Gasteiger partial charge in [-0.1, -0.05) is 45.4 Å². The molecular weight excluding hydrogens is 194 g/mol. The van der Waals surface area contributed by atoms with Crippen molar-refractivity contribution >= 4 is 0 Å². The molecule has 1 heteroatoms. The Hall–Kier alpha value is -0.0400. The van der Waals surface area contributed by atoms with Gasteiger partial charge in [0, 0.05) is 12.1 Å². The third-order valence-electron chi connectivity index (χ3n) is 4.50. The molecule has 2 saturated carbocycles. The van der Waals surface area contributed by atoms with Crippen molar-refractivity contribution in [2.24, 2.45) is 0 Å². The lowest BCUT2D eigenvalue weighted by Crippen LogP contribution is -2.43. The molecule has 93 valence electrons. The summed E-state index contributed by atoms with van der Waals surface area (Å²) in [4.78, 5) is 2.87. The maximum absolute atomic E-state index is 4.00. The second-order valence-electron chi connectivity index (χ2n) is 5.68. The van der Waals surface area contributed by atoms with Gasteiger partial charge in [0.15, 0.2) is 0 Å². The molecule has 0 aromatic rings. The third-order valence-corrected chi connectivity index (χ3v) is 4.50. The van der Waals surface area contributed by atoms with Crippen LogP contribution in [0.2, 0.25) is 0 Å². The van der Waals surface area contributed by atoms with Crippen LogP contribution in [0.15, 0.2) is 0 Å². The van der Waals surface area contributed by atoms with Crippen molar-refractivity contribution in [3.8, 4) is 0 Å². The van der Waals surface area contributed by atoms with E-state index in [0.29, 0.717) is 0 Å². The van der Waals surface area contributed by atoms with Gasteiger partial charge in [-0.05, 0) is 38.6 Å². The summed E-state index contributed by atoms with van der Waals surface area (Å²) >= 11 is 0. The number of rotatable bonds is 5. The molecule has 0 aromatic carbocycles. The SMILES string of the molecule is [CH2]CCCN(C1CCCCC1)C1CCCC1. The van der Waals surface area contributed by atoms with E-state index in [4.69, 9.17) is 0 Å². The van der Waals surface area contributed by atoms with Crippen LogP contribution < -0.4 is 0 Å². The predicted molar refractivity (Wildman–Crippen MR) is 70.4 cm³/mol. The zero-order chi connectivity index (χ0) is 11.2. The van der Waals surface area contributed by atoms with Gasteiger partial charge in [-0.3, -0.25) is 4.90 Å². The Morgan fingerprint density at radius 2 is 1.31 bits per heavy atom. The van der Waals surface area contributed by atoms with Gasteiger partial charge in [0.1, 0.15) is 0 Å².